The first-order valence-electron chi connectivity index (χ1n) is 17.5. The molecule has 318 valence electrons. The molecule has 0 aliphatic carbocycles. The summed E-state index contributed by atoms with van der Waals surface area (Å²) in [4.78, 5) is 36.7. The average Bonchev–Trinajstić information content (AvgIpc) is 3.14. The highest BCUT2D eigenvalue weighted by Crippen LogP contribution is 2.34. The van der Waals surface area contributed by atoms with Gasteiger partial charge in [0.2, 0.25) is 17.7 Å². The number of ether oxygens (including phenoxy) is 8. The van der Waals surface area contributed by atoms with Gasteiger partial charge in [0.25, 0.3) is 0 Å². The number of nitrogens with one attached hydrogen (secondary N) is 3. The topological polar surface area (TPSA) is 363 Å². The lowest BCUT2D eigenvalue weighted by Crippen LogP contribution is -2.71. The van der Waals surface area contributed by atoms with Crippen LogP contribution >= 0.6 is 0 Å². The molecule has 0 bridgehead atoms. The molecule has 0 aromatic rings. The van der Waals surface area contributed by atoms with Crippen LogP contribution in [-0.2, 0) is 52.3 Å². The second-order valence-corrected chi connectivity index (χ2v) is 13.6. The van der Waals surface area contributed by atoms with Crippen LogP contribution in [0.3, 0.4) is 0 Å². The van der Waals surface area contributed by atoms with Crippen molar-refractivity contribution in [2.75, 3.05) is 33.5 Å². The SMILES string of the molecule is COC1OC(CO)C(OC2OC(CO)C(OC3OC(CO)C(O)C(OC4OC(CO)C(O)C(O)C4O)C3NC(C)=O)C(O)C2NC(C)=O)C(O)C1NC(C)=O. The van der Waals surface area contributed by atoms with E-state index in [1.807, 2.05) is 0 Å². The van der Waals surface area contributed by atoms with Crippen molar-refractivity contribution in [1.29, 1.82) is 0 Å². The van der Waals surface area contributed by atoms with Gasteiger partial charge in [-0.1, -0.05) is 0 Å². The van der Waals surface area contributed by atoms with E-state index < -0.39 is 167 Å². The molecular weight excluding hydrogens is 750 g/mol. The first-order chi connectivity index (χ1) is 26.0. The number of aliphatic hydroxyl groups excluding tert-OH is 10. The van der Waals surface area contributed by atoms with Crippen molar-refractivity contribution < 1.29 is 103 Å². The van der Waals surface area contributed by atoms with Gasteiger partial charge < -0.3 is 105 Å². The molecule has 0 radical (unpaired) electrons. The number of amides is 3. The van der Waals surface area contributed by atoms with Crippen molar-refractivity contribution in [1.82, 2.24) is 16.0 Å². The van der Waals surface area contributed by atoms with Crippen LogP contribution in [0.25, 0.3) is 0 Å². The van der Waals surface area contributed by atoms with Crippen LogP contribution < -0.4 is 16.0 Å². The lowest BCUT2D eigenvalue weighted by molar-refractivity contribution is -0.366. The molecule has 13 N–H and O–H groups in total. The third-order valence-electron chi connectivity index (χ3n) is 9.62. The summed E-state index contributed by atoms with van der Waals surface area (Å²) in [6.07, 6.45) is -28.2. The van der Waals surface area contributed by atoms with Crippen molar-refractivity contribution in [3.05, 3.63) is 0 Å². The number of methoxy groups -OCH3 is 1. The molecule has 0 saturated carbocycles. The zero-order valence-corrected chi connectivity index (χ0v) is 30.3. The van der Waals surface area contributed by atoms with E-state index in [2.05, 4.69) is 16.0 Å². The Morgan fingerprint density at radius 2 is 0.818 bits per heavy atom. The van der Waals surface area contributed by atoms with Crippen molar-refractivity contribution in [2.24, 2.45) is 0 Å². The number of rotatable bonds is 14. The Hall–Kier alpha value is -2.31. The summed E-state index contributed by atoms with van der Waals surface area (Å²) in [5.74, 6) is -2.04. The Labute approximate surface area is 314 Å². The largest absolute Gasteiger partial charge is 0.394 e. The number of aliphatic hydroxyl groups is 10. The van der Waals surface area contributed by atoms with Crippen molar-refractivity contribution >= 4 is 17.7 Å². The lowest BCUT2D eigenvalue weighted by Gasteiger charge is -2.51. The normalized spacial score (nSPS) is 45.1. The summed E-state index contributed by atoms with van der Waals surface area (Å²) in [6, 6.07) is -4.38. The summed E-state index contributed by atoms with van der Waals surface area (Å²) in [5.41, 5.74) is 0. The van der Waals surface area contributed by atoms with Crippen LogP contribution in [0, 0.1) is 0 Å². The second kappa shape index (κ2) is 19.9. The van der Waals surface area contributed by atoms with E-state index in [-0.39, 0.29) is 0 Å². The van der Waals surface area contributed by atoms with Crippen LogP contribution in [0.15, 0.2) is 0 Å². The number of carbonyl (C=O) groups is 3. The van der Waals surface area contributed by atoms with Gasteiger partial charge in [-0.05, 0) is 0 Å². The standard InChI is InChI=1S/C31H53N3O21/c1-9(39)32-16-21(44)25(14(7-37)51-28(16)48-4)53-29-17(33-10(2)40)22(45)26(15(8-38)52-29)54-30-18(34-11(3)41)27(20(43)13(6-36)49-30)55-31-24(47)23(46)19(42)12(5-35)50-31/h12-31,35-38,42-47H,5-8H2,1-4H3,(H,32,39)(H,33,40)(H,34,41). The quantitative estimate of drug-likeness (QED) is 0.0775. The highest BCUT2D eigenvalue weighted by Gasteiger charge is 2.56. The van der Waals surface area contributed by atoms with Crippen molar-refractivity contribution in [3.63, 3.8) is 0 Å². The minimum atomic E-state index is -1.95. The van der Waals surface area contributed by atoms with Crippen LogP contribution in [0.1, 0.15) is 20.8 Å². The predicted molar refractivity (Wildman–Crippen MR) is 173 cm³/mol. The summed E-state index contributed by atoms with van der Waals surface area (Å²) in [5, 5.41) is 113. The van der Waals surface area contributed by atoms with Crippen LogP contribution in [0.4, 0.5) is 0 Å². The van der Waals surface area contributed by atoms with Gasteiger partial charge >= 0.3 is 0 Å². The smallest absolute Gasteiger partial charge is 0.217 e. The molecule has 4 aliphatic heterocycles. The molecule has 4 saturated heterocycles. The fourth-order valence-electron chi connectivity index (χ4n) is 6.94. The Bertz CT molecular complexity index is 1270. The molecule has 20 unspecified atom stereocenters. The third kappa shape index (κ3) is 10.2. The molecular formula is C31H53N3O21. The highest BCUT2D eigenvalue weighted by molar-refractivity contribution is 5.74. The van der Waals surface area contributed by atoms with E-state index in [9.17, 15) is 65.4 Å². The molecule has 4 rings (SSSR count). The van der Waals surface area contributed by atoms with Gasteiger partial charge in [-0.2, -0.15) is 0 Å². The van der Waals surface area contributed by atoms with E-state index in [1.165, 1.54) is 14.0 Å². The van der Waals surface area contributed by atoms with Gasteiger partial charge in [0.1, 0.15) is 97.5 Å². The molecule has 0 aromatic carbocycles. The number of hydrogen-bond acceptors (Lipinski definition) is 21. The summed E-state index contributed by atoms with van der Waals surface area (Å²) < 4.78 is 45.9. The Balaban J connectivity index is 1.64. The third-order valence-corrected chi connectivity index (χ3v) is 9.62. The fourth-order valence-corrected chi connectivity index (χ4v) is 6.94. The molecule has 0 aromatic heterocycles. The van der Waals surface area contributed by atoms with Crippen molar-refractivity contribution in [3.8, 4) is 0 Å². The minimum Gasteiger partial charge on any atom is -0.394 e. The lowest BCUT2D eigenvalue weighted by atomic mass is 9.93. The van der Waals surface area contributed by atoms with Crippen LogP contribution in [0.5, 0.6) is 0 Å². The van der Waals surface area contributed by atoms with Gasteiger partial charge in [0.05, 0.1) is 26.4 Å². The summed E-state index contributed by atoms with van der Waals surface area (Å²) in [6.45, 7) is -0.0133. The molecule has 3 amide bonds. The maximum absolute atomic E-state index is 12.4. The maximum atomic E-state index is 12.4. The van der Waals surface area contributed by atoms with E-state index in [0.29, 0.717) is 0 Å². The summed E-state index contributed by atoms with van der Waals surface area (Å²) in [7, 11) is 1.24. The maximum Gasteiger partial charge on any atom is 0.217 e. The zero-order valence-electron chi connectivity index (χ0n) is 30.3. The highest BCUT2D eigenvalue weighted by atomic mass is 16.8. The van der Waals surface area contributed by atoms with Gasteiger partial charge in [0, 0.05) is 27.9 Å². The molecule has 24 nitrogen and oxygen atoms in total. The predicted octanol–water partition coefficient (Wildman–Crippen LogP) is -8.66. The Morgan fingerprint density at radius 3 is 1.27 bits per heavy atom. The molecule has 24 heteroatoms. The molecule has 4 heterocycles. The Kier molecular flexibility index (Phi) is 16.4. The second-order valence-electron chi connectivity index (χ2n) is 13.6. The molecule has 4 fully saturated rings. The molecule has 20 atom stereocenters. The van der Waals surface area contributed by atoms with Crippen LogP contribution in [0.2, 0.25) is 0 Å². The van der Waals surface area contributed by atoms with Crippen LogP contribution in [-0.4, -0.2) is 225 Å². The first kappa shape index (κ1) is 45.4. The first-order valence-corrected chi connectivity index (χ1v) is 17.5. The van der Waals surface area contributed by atoms with E-state index in [1.54, 1.807) is 0 Å². The number of hydrogen-bond donors (Lipinski definition) is 13. The zero-order chi connectivity index (χ0) is 40.9. The molecule has 55 heavy (non-hydrogen) atoms. The van der Waals surface area contributed by atoms with Gasteiger partial charge in [-0.25, -0.2) is 0 Å². The van der Waals surface area contributed by atoms with E-state index in [0.717, 1.165) is 13.8 Å². The van der Waals surface area contributed by atoms with Gasteiger partial charge in [0.15, 0.2) is 25.2 Å². The van der Waals surface area contributed by atoms with Crippen molar-refractivity contribution in [2.45, 2.75) is 143 Å². The fraction of sp³-hybridized carbons (Fsp3) is 0.903. The molecule has 0 spiro atoms. The van der Waals surface area contributed by atoms with E-state index >= 15 is 0 Å². The molecule has 4 aliphatic rings. The number of carbonyl (C=O) groups excluding carboxylic acids is 3. The average molecular weight is 804 g/mol. The summed E-state index contributed by atoms with van der Waals surface area (Å²) >= 11 is 0. The monoisotopic (exact) mass is 803 g/mol. The minimum absolute atomic E-state index is 0.573. The van der Waals surface area contributed by atoms with Gasteiger partial charge in [-0.15, -0.1) is 0 Å². The Morgan fingerprint density at radius 1 is 0.455 bits per heavy atom. The van der Waals surface area contributed by atoms with Gasteiger partial charge in [-0.3, -0.25) is 14.4 Å². The van der Waals surface area contributed by atoms with E-state index in [4.69, 9.17) is 37.9 Å².